The Morgan fingerprint density at radius 2 is 1.28 bits per heavy atom. The quantitative estimate of drug-likeness (QED) is 0.0302. The van der Waals surface area contributed by atoms with Gasteiger partial charge in [0.25, 0.3) is 0 Å². The van der Waals surface area contributed by atoms with E-state index in [-0.39, 0.29) is 107 Å². The largest absolute Gasteiger partial charge is 0.505 e. The Balaban J connectivity index is 0.000000586. The number of esters is 2. The fourth-order valence-electron chi connectivity index (χ4n) is 7.31. The van der Waals surface area contributed by atoms with Crippen LogP contribution in [-0.4, -0.2) is 66.2 Å². The summed E-state index contributed by atoms with van der Waals surface area (Å²) in [4.78, 5) is 25.8. The SMILES string of the molecule is CC.CC.CC1=CCC=C1.CS.[2H]c1cc(COC(=O)C(=C)C)c(O)c(-n2nc3ccc(C4[CH-]C5CC4C=C5C)cc3n2)c1.[2H]c1cc(COC(=O)C(=C)C)c(O)c(-n2nc3ccc(C=[CH-])cc3n2)c1.[B]C.[W].[W]. The molecule has 3 atom stereocenters. The number of ether oxygens (including phenoxy) is 2. The number of aromatic hydroxyl groups is 2. The Morgan fingerprint density at radius 3 is 1.67 bits per heavy atom. The molecule has 0 amide bonds. The van der Waals surface area contributed by atoms with Gasteiger partial charge in [-0.15, -0.1) is 59.5 Å². The maximum absolute atomic E-state index is 11.7. The predicted molar refractivity (Wildman–Crippen MR) is 288 cm³/mol. The molecule has 2 N–H and O–H groups in total. The number of nitrogens with zero attached hydrogens (tertiary/aromatic N) is 6. The Bertz CT molecular complexity index is 2970. The van der Waals surface area contributed by atoms with E-state index in [2.05, 4.69) is 111 Å². The van der Waals surface area contributed by atoms with Crippen LogP contribution in [0.15, 0.2) is 133 Å². The van der Waals surface area contributed by atoms with Gasteiger partial charge in [0.15, 0.2) is 0 Å². The zero-order valence-corrected chi connectivity index (χ0v) is 49.6. The Labute approximate surface area is 464 Å². The molecule has 2 heterocycles. The van der Waals surface area contributed by atoms with E-state index in [9.17, 15) is 19.8 Å². The number of thiol groups is 1. The number of carbonyl (C=O) groups is 2. The number of benzene rings is 4. The normalized spacial score (nSPS) is 15.4. The molecule has 16 heteroatoms. The monoisotopic (exact) mass is 1330 g/mol. The van der Waals surface area contributed by atoms with Crippen molar-refractivity contribution in [2.75, 3.05) is 6.26 Å². The number of hydrogen-bond donors (Lipinski definition) is 3. The van der Waals surface area contributed by atoms with Gasteiger partial charge in [-0.25, -0.2) is 15.7 Å². The molecule has 2 bridgehead atoms. The smallest absolute Gasteiger partial charge is 0.333 e. The topological polar surface area (TPSA) is 154 Å². The molecule has 2 aromatic heterocycles. The van der Waals surface area contributed by atoms with Crippen molar-refractivity contribution in [3.63, 3.8) is 0 Å². The minimum atomic E-state index is -0.574. The van der Waals surface area contributed by atoms with E-state index in [0.717, 1.165) is 17.5 Å². The van der Waals surface area contributed by atoms with Crippen LogP contribution in [-0.2, 0) is 74.4 Å². The van der Waals surface area contributed by atoms with Crippen molar-refractivity contribution in [1.29, 1.82) is 0 Å². The standard InChI is InChI=1S/C25H24N3O3.C19H16N3O3.C6H8.2C2H6.CH3B.CH4S.2W/c1-14(2)25(30)31-13-17-5-4-6-23(24(17)29)28-26-21-8-7-16(12-22(21)27-28)20-11-18-10-19(20)9-15(18)3;1-4-13-8-9-15-16(10-13)21-22(20-15)17-7-5-6-14(18(17)23)11-25-19(24)12(2)3;1-6-4-2-3-5-6;4*1-2;;/h4-9,11-12,18-20,29H,1,10,13H2,2-3H3;1,4-10,23H,2,11H2,3H3;2,4-5H,3H2,1H3;2*1-2H3;1H3;2H,1H3;;/q2*-1;;;;;;;/i4D;5D;;;;;;;. The van der Waals surface area contributed by atoms with Crippen molar-refractivity contribution >= 4 is 60.6 Å². The fraction of sp³-hybridized carbons (Fsp3) is 0.304. The molecule has 3 aliphatic rings. The summed E-state index contributed by atoms with van der Waals surface area (Å²) in [5.41, 5.74) is 9.08. The van der Waals surface area contributed by atoms with Gasteiger partial charge in [0.2, 0.25) is 0 Å². The number of para-hydroxylation sites is 2. The Morgan fingerprint density at radius 1 is 0.806 bits per heavy atom. The van der Waals surface area contributed by atoms with Gasteiger partial charge < -0.3 is 26.1 Å². The van der Waals surface area contributed by atoms with Crippen LogP contribution in [0.25, 0.3) is 39.5 Å². The summed E-state index contributed by atoms with van der Waals surface area (Å²) < 4.78 is 26.2. The molecule has 0 saturated heterocycles. The molecule has 3 unspecified atom stereocenters. The van der Waals surface area contributed by atoms with Crippen LogP contribution in [0.4, 0.5) is 0 Å². The average Bonchev–Trinajstić information content (AvgIpc) is 4.26. The minimum absolute atomic E-state index is 0. The summed E-state index contributed by atoms with van der Waals surface area (Å²) in [5.74, 6) is 0.0815. The first kappa shape index (κ1) is 60.8. The zero-order valence-electron chi connectivity index (χ0n) is 44.8. The molecule has 3 aliphatic carbocycles. The summed E-state index contributed by atoms with van der Waals surface area (Å²) >= 11 is 3.53. The third-order valence-corrected chi connectivity index (χ3v) is 10.7. The van der Waals surface area contributed by atoms with E-state index < -0.39 is 11.9 Å². The molecule has 72 heavy (non-hydrogen) atoms. The van der Waals surface area contributed by atoms with Crippen LogP contribution >= 0.6 is 12.6 Å². The summed E-state index contributed by atoms with van der Waals surface area (Å²) in [5, 5.41) is 39.0. The van der Waals surface area contributed by atoms with Gasteiger partial charge >= 0.3 is 11.9 Å². The Kier molecular flexibility index (Phi) is 27.4. The maximum Gasteiger partial charge on any atom is 0.333 e. The van der Waals surface area contributed by atoms with Crippen molar-refractivity contribution < 1.29 is 74.1 Å². The first-order valence-electron chi connectivity index (χ1n) is 24.1. The molecule has 380 valence electrons. The first-order valence-corrected chi connectivity index (χ1v) is 24.0. The van der Waals surface area contributed by atoms with Crippen LogP contribution < -0.4 is 0 Å². The van der Waals surface area contributed by atoms with E-state index in [1.54, 1.807) is 31.4 Å². The average molecular weight is 1330 g/mol. The van der Waals surface area contributed by atoms with Crippen LogP contribution in [0, 0.1) is 24.8 Å². The molecule has 1 saturated carbocycles. The summed E-state index contributed by atoms with van der Waals surface area (Å²) in [6, 6.07) is 17.5. The second-order valence-electron chi connectivity index (χ2n) is 15.5. The summed E-state index contributed by atoms with van der Waals surface area (Å²) in [6.07, 6.45) is 16.8. The van der Waals surface area contributed by atoms with Gasteiger partial charge in [0.05, 0.1) is 16.1 Å². The zero-order chi connectivity index (χ0) is 53.8. The molecule has 6 aromatic rings. The molecule has 12 nitrogen and oxygen atoms in total. The van der Waals surface area contributed by atoms with Crippen molar-refractivity contribution in [3.05, 3.63) is 168 Å². The molecular formula is C56H67BN6O6SW2-2. The van der Waals surface area contributed by atoms with E-state index >= 15 is 0 Å². The molecule has 0 spiro atoms. The van der Waals surface area contributed by atoms with Gasteiger partial charge in [-0.1, -0.05) is 120 Å². The van der Waals surface area contributed by atoms with Crippen molar-refractivity contribution in [1.82, 2.24) is 30.0 Å². The van der Waals surface area contributed by atoms with Gasteiger partial charge in [-0.05, 0) is 76.6 Å². The van der Waals surface area contributed by atoms with Crippen LogP contribution in [0.1, 0.15) is 99.1 Å². The number of hydrogen-bond acceptors (Lipinski definition) is 11. The van der Waals surface area contributed by atoms with Gasteiger partial charge in [0.1, 0.15) is 52.6 Å². The van der Waals surface area contributed by atoms with E-state index in [1.807, 2.05) is 33.8 Å². The maximum atomic E-state index is 11.7. The van der Waals surface area contributed by atoms with Crippen LogP contribution in [0.2, 0.25) is 6.82 Å². The van der Waals surface area contributed by atoms with Crippen molar-refractivity contribution in [3.8, 4) is 22.9 Å². The number of phenols is 2. The predicted octanol–water partition coefficient (Wildman–Crippen LogP) is 12.5. The molecule has 9 rings (SSSR count). The number of phenolic OH excluding ortho intramolecular Hbond substituents is 2. The second-order valence-corrected chi connectivity index (χ2v) is 15.5. The summed E-state index contributed by atoms with van der Waals surface area (Å²) in [6.45, 7) is 29.1. The molecule has 0 aliphatic heterocycles. The molecule has 4 aromatic carbocycles. The van der Waals surface area contributed by atoms with Crippen molar-refractivity contribution in [2.45, 2.75) is 94.2 Å². The van der Waals surface area contributed by atoms with Gasteiger partial charge in [-0.3, -0.25) is 6.58 Å². The van der Waals surface area contributed by atoms with Crippen molar-refractivity contribution in [2.24, 2.45) is 11.8 Å². The number of rotatable bonds is 10. The number of carbonyl (C=O) groups excluding carboxylic acids is 2. The minimum Gasteiger partial charge on any atom is -0.505 e. The van der Waals surface area contributed by atoms with Crippen LogP contribution in [0.3, 0.4) is 0 Å². The fourth-order valence-corrected chi connectivity index (χ4v) is 7.31. The first-order chi connectivity index (χ1) is 34.6. The second kappa shape index (κ2) is 32.5. The molecule has 2 radical (unpaired) electrons. The van der Waals surface area contributed by atoms with Gasteiger partial charge in [-0.2, -0.15) is 18.2 Å². The molecule has 1 fully saturated rings. The van der Waals surface area contributed by atoms with E-state index in [0.29, 0.717) is 39.9 Å². The van der Waals surface area contributed by atoms with Gasteiger partial charge in [0, 0.05) is 64.4 Å². The van der Waals surface area contributed by atoms with E-state index in [4.69, 9.17) is 18.8 Å². The third-order valence-electron chi connectivity index (χ3n) is 10.7. The Hall–Kier alpha value is -5.55. The molecular weight excluding hydrogens is 1260 g/mol. The van der Waals surface area contributed by atoms with Crippen LogP contribution in [0.5, 0.6) is 11.5 Å². The number of aromatic nitrogens is 6. The number of fused-ring (bicyclic) bond motifs is 4. The summed E-state index contributed by atoms with van der Waals surface area (Å²) in [7, 11) is 4.50. The third kappa shape index (κ3) is 17.0. The number of allylic oxidation sites excluding steroid dienone is 6. The van der Waals surface area contributed by atoms with E-state index in [1.165, 1.54) is 76.8 Å².